The van der Waals surface area contributed by atoms with Crippen molar-refractivity contribution in [2.24, 2.45) is 0 Å². The SMILES string of the molecule is CCOC(=O)CNC(=O)C1CNCCN1. The average molecular weight is 215 g/mol. The number of ether oxygens (including phenoxy) is 1. The van der Waals surface area contributed by atoms with E-state index in [1.807, 2.05) is 0 Å². The molecule has 0 aliphatic carbocycles. The van der Waals surface area contributed by atoms with Crippen LogP contribution in [0.5, 0.6) is 0 Å². The van der Waals surface area contributed by atoms with Gasteiger partial charge in [0.15, 0.2) is 0 Å². The summed E-state index contributed by atoms with van der Waals surface area (Å²) in [5.41, 5.74) is 0. The normalized spacial score (nSPS) is 20.7. The van der Waals surface area contributed by atoms with Crippen LogP contribution in [0, 0.1) is 0 Å². The molecule has 1 unspecified atom stereocenters. The molecule has 0 spiro atoms. The van der Waals surface area contributed by atoms with E-state index in [1.165, 1.54) is 0 Å². The van der Waals surface area contributed by atoms with Gasteiger partial charge in [0.2, 0.25) is 5.91 Å². The van der Waals surface area contributed by atoms with E-state index in [-0.39, 0.29) is 18.5 Å². The van der Waals surface area contributed by atoms with Crippen LogP contribution >= 0.6 is 0 Å². The summed E-state index contributed by atoms with van der Waals surface area (Å²) in [5.74, 6) is -0.579. The summed E-state index contributed by atoms with van der Waals surface area (Å²) in [7, 11) is 0. The highest BCUT2D eigenvalue weighted by molar-refractivity contribution is 5.85. The van der Waals surface area contributed by atoms with Crippen LogP contribution in [0.4, 0.5) is 0 Å². The zero-order chi connectivity index (χ0) is 11.1. The van der Waals surface area contributed by atoms with Crippen LogP contribution in [-0.2, 0) is 14.3 Å². The first kappa shape index (κ1) is 11.9. The van der Waals surface area contributed by atoms with Gasteiger partial charge in [-0.05, 0) is 6.92 Å². The number of piperazine rings is 1. The molecule has 86 valence electrons. The third kappa shape index (κ3) is 4.26. The Morgan fingerprint density at radius 2 is 2.27 bits per heavy atom. The monoisotopic (exact) mass is 215 g/mol. The molecular formula is C9H17N3O3. The number of hydrogen-bond acceptors (Lipinski definition) is 5. The predicted molar refractivity (Wildman–Crippen MR) is 54.3 cm³/mol. The minimum atomic E-state index is -0.408. The second-order valence-corrected chi connectivity index (χ2v) is 3.23. The number of amides is 1. The van der Waals surface area contributed by atoms with E-state index in [1.54, 1.807) is 6.92 Å². The molecule has 6 nitrogen and oxygen atoms in total. The lowest BCUT2D eigenvalue weighted by Gasteiger charge is -2.23. The molecule has 6 heteroatoms. The molecule has 0 aromatic rings. The van der Waals surface area contributed by atoms with Crippen LogP contribution in [0.15, 0.2) is 0 Å². The average Bonchev–Trinajstić information content (AvgIpc) is 2.27. The molecule has 1 amide bonds. The van der Waals surface area contributed by atoms with Crippen molar-refractivity contribution in [3.8, 4) is 0 Å². The van der Waals surface area contributed by atoms with E-state index in [0.717, 1.165) is 13.1 Å². The van der Waals surface area contributed by atoms with E-state index >= 15 is 0 Å². The smallest absolute Gasteiger partial charge is 0.325 e. The highest BCUT2D eigenvalue weighted by Gasteiger charge is 2.20. The maximum absolute atomic E-state index is 11.5. The fourth-order valence-corrected chi connectivity index (χ4v) is 1.33. The summed E-state index contributed by atoms with van der Waals surface area (Å²) >= 11 is 0. The highest BCUT2D eigenvalue weighted by atomic mass is 16.5. The molecule has 1 rings (SSSR count). The molecule has 3 N–H and O–H groups in total. The molecule has 0 radical (unpaired) electrons. The van der Waals surface area contributed by atoms with E-state index in [4.69, 9.17) is 0 Å². The van der Waals surface area contributed by atoms with E-state index in [0.29, 0.717) is 13.2 Å². The molecule has 1 heterocycles. The van der Waals surface area contributed by atoms with Gasteiger partial charge < -0.3 is 20.7 Å². The van der Waals surface area contributed by atoms with Crippen LogP contribution in [0.3, 0.4) is 0 Å². The molecule has 0 bridgehead atoms. The number of nitrogens with one attached hydrogen (secondary N) is 3. The van der Waals surface area contributed by atoms with Crippen LogP contribution in [0.2, 0.25) is 0 Å². The van der Waals surface area contributed by atoms with Gasteiger partial charge in [0.25, 0.3) is 0 Å². The van der Waals surface area contributed by atoms with Crippen LogP contribution in [0.25, 0.3) is 0 Å². The van der Waals surface area contributed by atoms with Gasteiger partial charge >= 0.3 is 5.97 Å². The molecule has 15 heavy (non-hydrogen) atoms. The zero-order valence-electron chi connectivity index (χ0n) is 8.84. The molecule has 1 saturated heterocycles. The first-order chi connectivity index (χ1) is 7.24. The lowest BCUT2D eigenvalue weighted by atomic mass is 10.2. The Bertz CT molecular complexity index is 227. The minimum absolute atomic E-state index is 0.0646. The molecular weight excluding hydrogens is 198 g/mol. The van der Waals surface area contributed by atoms with Gasteiger partial charge in [0.05, 0.1) is 12.6 Å². The van der Waals surface area contributed by atoms with Crippen molar-refractivity contribution < 1.29 is 14.3 Å². The van der Waals surface area contributed by atoms with Gasteiger partial charge in [-0.15, -0.1) is 0 Å². The largest absolute Gasteiger partial charge is 0.465 e. The van der Waals surface area contributed by atoms with Crippen molar-refractivity contribution in [2.45, 2.75) is 13.0 Å². The Hall–Kier alpha value is -1.14. The molecule has 0 aromatic carbocycles. The van der Waals surface area contributed by atoms with Gasteiger partial charge in [-0.25, -0.2) is 0 Å². The minimum Gasteiger partial charge on any atom is -0.465 e. The maximum Gasteiger partial charge on any atom is 0.325 e. The Kier molecular flexibility index (Phi) is 5.06. The van der Waals surface area contributed by atoms with Crippen molar-refractivity contribution in [1.29, 1.82) is 0 Å². The van der Waals surface area contributed by atoms with Crippen molar-refractivity contribution >= 4 is 11.9 Å². The van der Waals surface area contributed by atoms with Crippen LogP contribution in [-0.4, -0.2) is 50.7 Å². The summed E-state index contributed by atoms with van der Waals surface area (Å²) in [4.78, 5) is 22.4. The summed E-state index contributed by atoms with van der Waals surface area (Å²) in [6.07, 6.45) is 0. The molecule has 1 aliphatic heterocycles. The molecule has 1 atom stereocenters. The second kappa shape index (κ2) is 6.36. The summed E-state index contributed by atoms with van der Waals surface area (Å²) in [6, 6.07) is -0.256. The fraction of sp³-hybridized carbons (Fsp3) is 0.778. The topological polar surface area (TPSA) is 79.5 Å². The lowest BCUT2D eigenvalue weighted by Crippen LogP contribution is -2.56. The highest BCUT2D eigenvalue weighted by Crippen LogP contribution is 1.87. The molecule has 0 aromatic heterocycles. The van der Waals surface area contributed by atoms with E-state index in [9.17, 15) is 9.59 Å². The lowest BCUT2D eigenvalue weighted by molar-refractivity contribution is -0.143. The summed E-state index contributed by atoms with van der Waals surface area (Å²) in [6.45, 7) is 4.21. The number of carbonyl (C=O) groups is 2. The second-order valence-electron chi connectivity index (χ2n) is 3.23. The van der Waals surface area contributed by atoms with Crippen LogP contribution < -0.4 is 16.0 Å². The first-order valence-electron chi connectivity index (χ1n) is 5.11. The van der Waals surface area contributed by atoms with Gasteiger partial charge in [-0.2, -0.15) is 0 Å². The summed E-state index contributed by atoms with van der Waals surface area (Å²) in [5, 5.41) is 8.66. The molecule has 1 fully saturated rings. The zero-order valence-corrected chi connectivity index (χ0v) is 8.84. The number of carbonyl (C=O) groups excluding carboxylic acids is 2. The fourth-order valence-electron chi connectivity index (χ4n) is 1.33. The Labute approximate surface area is 88.7 Å². The number of esters is 1. The standard InChI is InChI=1S/C9H17N3O3/c1-2-15-8(13)6-12-9(14)7-5-10-3-4-11-7/h7,10-11H,2-6H2,1H3,(H,12,14). The number of rotatable bonds is 4. The predicted octanol–water partition coefficient (Wildman–Crippen LogP) is -1.77. The van der Waals surface area contributed by atoms with Crippen molar-refractivity contribution in [3.63, 3.8) is 0 Å². The van der Waals surface area contributed by atoms with Gasteiger partial charge in [-0.1, -0.05) is 0 Å². The van der Waals surface area contributed by atoms with Crippen molar-refractivity contribution in [2.75, 3.05) is 32.8 Å². The number of hydrogen-bond donors (Lipinski definition) is 3. The Morgan fingerprint density at radius 3 is 2.87 bits per heavy atom. The molecule has 1 aliphatic rings. The van der Waals surface area contributed by atoms with Crippen LogP contribution in [0.1, 0.15) is 6.92 Å². The first-order valence-corrected chi connectivity index (χ1v) is 5.11. The third-order valence-electron chi connectivity index (χ3n) is 2.07. The Balaban J connectivity index is 2.19. The molecule has 0 saturated carbocycles. The third-order valence-corrected chi connectivity index (χ3v) is 2.07. The van der Waals surface area contributed by atoms with E-state index < -0.39 is 5.97 Å². The Morgan fingerprint density at radius 1 is 1.47 bits per heavy atom. The van der Waals surface area contributed by atoms with Crippen molar-refractivity contribution in [1.82, 2.24) is 16.0 Å². The quantitative estimate of drug-likeness (QED) is 0.484. The van der Waals surface area contributed by atoms with Crippen molar-refractivity contribution in [3.05, 3.63) is 0 Å². The maximum atomic E-state index is 11.5. The van der Waals surface area contributed by atoms with Gasteiger partial charge in [-0.3, -0.25) is 9.59 Å². The van der Waals surface area contributed by atoms with E-state index in [2.05, 4.69) is 20.7 Å². The summed E-state index contributed by atoms with van der Waals surface area (Å²) < 4.78 is 4.69. The van der Waals surface area contributed by atoms with Gasteiger partial charge in [0, 0.05) is 19.6 Å². The van der Waals surface area contributed by atoms with Gasteiger partial charge in [0.1, 0.15) is 6.54 Å².